The van der Waals surface area contributed by atoms with Crippen LogP contribution < -0.4 is 10.9 Å². The van der Waals surface area contributed by atoms with Gasteiger partial charge in [-0.2, -0.15) is 0 Å². The van der Waals surface area contributed by atoms with Crippen molar-refractivity contribution in [2.75, 3.05) is 17.3 Å². The van der Waals surface area contributed by atoms with Gasteiger partial charge in [0.1, 0.15) is 15.5 Å². The summed E-state index contributed by atoms with van der Waals surface area (Å²) in [6.07, 6.45) is 4.21. The van der Waals surface area contributed by atoms with Crippen molar-refractivity contribution in [3.63, 3.8) is 0 Å². The second kappa shape index (κ2) is 5.33. The van der Waals surface area contributed by atoms with Crippen LogP contribution in [0.3, 0.4) is 0 Å². The molecule has 20 heavy (non-hydrogen) atoms. The fraction of sp³-hybridized carbons (Fsp3) is 0.500. The average Bonchev–Trinajstić information content (AvgIpc) is 3.00. The Labute approximate surface area is 125 Å². The van der Waals surface area contributed by atoms with Crippen LogP contribution in [0.5, 0.6) is 0 Å². The van der Waals surface area contributed by atoms with Crippen molar-refractivity contribution in [3.8, 4) is 0 Å². The number of nitrogens with one attached hydrogen (secondary N) is 2. The molecule has 2 rings (SSSR count). The van der Waals surface area contributed by atoms with Crippen LogP contribution in [0.1, 0.15) is 19.3 Å². The molecule has 0 spiro atoms. The standard InChI is InChI=1S/C12H15BrN2O4S/c1-20(18,19)7-12(2-3-12)5-10(16)15-9-4-8(13)6-14-11(9)17/h4,6H,2-3,5,7H2,1H3,(H,14,17)(H,15,16). The number of anilines is 1. The van der Waals surface area contributed by atoms with Crippen LogP contribution in [0.4, 0.5) is 5.69 Å². The lowest BCUT2D eigenvalue weighted by Gasteiger charge is -2.13. The molecular weight excluding hydrogens is 348 g/mol. The summed E-state index contributed by atoms with van der Waals surface area (Å²) in [5.74, 6) is -0.322. The van der Waals surface area contributed by atoms with Gasteiger partial charge in [0.2, 0.25) is 5.91 Å². The molecule has 1 heterocycles. The van der Waals surface area contributed by atoms with Crippen LogP contribution >= 0.6 is 15.9 Å². The molecule has 0 saturated heterocycles. The van der Waals surface area contributed by atoms with Gasteiger partial charge >= 0.3 is 0 Å². The summed E-state index contributed by atoms with van der Waals surface area (Å²) in [5, 5.41) is 2.53. The van der Waals surface area contributed by atoms with Crippen LogP contribution in [-0.2, 0) is 14.6 Å². The lowest BCUT2D eigenvalue weighted by atomic mass is 10.1. The van der Waals surface area contributed by atoms with Crippen molar-refractivity contribution < 1.29 is 13.2 Å². The summed E-state index contributed by atoms with van der Waals surface area (Å²) in [5.41, 5.74) is -0.690. The number of hydrogen-bond acceptors (Lipinski definition) is 4. The molecule has 0 aliphatic heterocycles. The van der Waals surface area contributed by atoms with Gasteiger partial charge in [0.25, 0.3) is 5.56 Å². The molecule has 0 bridgehead atoms. The van der Waals surface area contributed by atoms with E-state index in [0.29, 0.717) is 4.47 Å². The molecule has 1 aliphatic rings. The number of H-pyrrole nitrogens is 1. The number of aromatic amines is 1. The van der Waals surface area contributed by atoms with Crippen molar-refractivity contribution >= 4 is 37.4 Å². The summed E-state index contributed by atoms with van der Waals surface area (Å²) in [7, 11) is -3.11. The van der Waals surface area contributed by atoms with Crippen molar-refractivity contribution in [1.82, 2.24) is 4.98 Å². The number of sulfone groups is 1. The SMILES string of the molecule is CS(=O)(=O)CC1(CC(=O)Nc2cc(Br)c[nH]c2=O)CC1. The molecule has 1 aliphatic carbocycles. The zero-order chi connectivity index (χ0) is 15.0. The minimum absolute atomic E-state index is 0.0161. The topological polar surface area (TPSA) is 96.1 Å². The van der Waals surface area contributed by atoms with Gasteiger partial charge in [0.15, 0.2) is 0 Å². The lowest BCUT2D eigenvalue weighted by molar-refractivity contribution is -0.117. The number of carbonyl (C=O) groups excluding carboxylic acids is 1. The molecule has 1 aromatic heterocycles. The summed E-state index contributed by atoms with van der Waals surface area (Å²) in [6.45, 7) is 0. The van der Waals surface area contributed by atoms with Gasteiger partial charge < -0.3 is 10.3 Å². The highest BCUT2D eigenvalue weighted by atomic mass is 79.9. The molecule has 1 aromatic rings. The highest BCUT2D eigenvalue weighted by Crippen LogP contribution is 2.49. The van der Waals surface area contributed by atoms with Gasteiger partial charge in [-0.1, -0.05) is 0 Å². The molecule has 0 radical (unpaired) electrons. The molecule has 110 valence electrons. The van der Waals surface area contributed by atoms with E-state index in [1.54, 1.807) is 0 Å². The molecule has 1 amide bonds. The first-order valence-electron chi connectivity index (χ1n) is 6.05. The number of carbonyl (C=O) groups is 1. The Kier molecular flexibility index (Phi) is 4.06. The summed E-state index contributed by atoms with van der Waals surface area (Å²) < 4.78 is 23.3. The number of amides is 1. The fourth-order valence-corrected chi connectivity index (χ4v) is 4.04. The van der Waals surface area contributed by atoms with Gasteiger partial charge in [-0.25, -0.2) is 8.42 Å². The third kappa shape index (κ3) is 4.17. The zero-order valence-corrected chi connectivity index (χ0v) is 13.3. The van der Waals surface area contributed by atoms with Gasteiger partial charge in [-0.05, 0) is 40.3 Å². The normalized spacial score (nSPS) is 16.7. The molecule has 0 atom stereocenters. The summed E-state index contributed by atoms with van der Waals surface area (Å²) in [4.78, 5) is 26.0. The Hall–Kier alpha value is -1.15. The predicted octanol–water partition coefficient (Wildman–Crippen LogP) is 1.29. The highest BCUT2D eigenvalue weighted by molar-refractivity contribution is 9.10. The Morgan fingerprint density at radius 3 is 2.70 bits per heavy atom. The van der Waals surface area contributed by atoms with Crippen molar-refractivity contribution in [3.05, 3.63) is 27.1 Å². The van der Waals surface area contributed by atoms with E-state index >= 15 is 0 Å². The number of aromatic nitrogens is 1. The maximum atomic E-state index is 11.9. The number of hydrogen-bond donors (Lipinski definition) is 2. The van der Waals surface area contributed by atoms with Crippen LogP contribution in [0, 0.1) is 5.41 Å². The van der Waals surface area contributed by atoms with Crippen molar-refractivity contribution in [1.29, 1.82) is 0 Å². The number of halogens is 1. The van der Waals surface area contributed by atoms with Crippen LogP contribution in [-0.4, -0.2) is 31.3 Å². The first-order chi connectivity index (χ1) is 9.19. The monoisotopic (exact) mass is 362 g/mol. The van der Waals surface area contributed by atoms with Crippen molar-refractivity contribution in [2.24, 2.45) is 5.41 Å². The maximum Gasteiger partial charge on any atom is 0.271 e. The number of pyridine rings is 1. The van der Waals surface area contributed by atoms with E-state index in [2.05, 4.69) is 26.2 Å². The van der Waals surface area contributed by atoms with E-state index in [1.807, 2.05) is 0 Å². The van der Waals surface area contributed by atoms with E-state index < -0.39 is 20.8 Å². The fourth-order valence-electron chi connectivity index (χ4n) is 2.19. The van der Waals surface area contributed by atoms with Crippen LogP contribution in [0.15, 0.2) is 21.5 Å². The van der Waals surface area contributed by atoms with Gasteiger partial charge in [0.05, 0.1) is 5.75 Å². The third-order valence-corrected chi connectivity index (χ3v) is 4.80. The molecular formula is C12H15BrN2O4S. The molecule has 1 fully saturated rings. The molecule has 0 unspecified atom stereocenters. The average molecular weight is 363 g/mol. The summed E-state index contributed by atoms with van der Waals surface area (Å²) >= 11 is 3.20. The van der Waals surface area contributed by atoms with E-state index in [0.717, 1.165) is 12.8 Å². The smallest absolute Gasteiger partial charge is 0.271 e. The zero-order valence-electron chi connectivity index (χ0n) is 10.9. The second-order valence-corrected chi connectivity index (χ2v) is 8.41. The van der Waals surface area contributed by atoms with Crippen LogP contribution in [0.25, 0.3) is 0 Å². The molecule has 0 aromatic carbocycles. The largest absolute Gasteiger partial charge is 0.326 e. The summed E-state index contributed by atoms with van der Waals surface area (Å²) in [6, 6.07) is 1.51. The minimum atomic E-state index is -3.11. The van der Waals surface area contributed by atoms with E-state index in [-0.39, 0.29) is 23.8 Å². The molecule has 2 N–H and O–H groups in total. The first-order valence-corrected chi connectivity index (χ1v) is 8.90. The quantitative estimate of drug-likeness (QED) is 0.824. The highest BCUT2D eigenvalue weighted by Gasteiger charge is 2.46. The Bertz CT molecular complexity index is 692. The molecule has 1 saturated carbocycles. The van der Waals surface area contributed by atoms with Gasteiger partial charge in [0, 0.05) is 23.3 Å². The minimum Gasteiger partial charge on any atom is -0.326 e. The Morgan fingerprint density at radius 1 is 1.50 bits per heavy atom. The van der Waals surface area contributed by atoms with E-state index in [1.165, 1.54) is 18.5 Å². The van der Waals surface area contributed by atoms with E-state index in [9.17, 15) is 18.0 Å². The lowest BCUT2D eigenvalue weighted by Crippen LogP contribution is -2.25. The van der Waals surface area contributed by atoms with Gasteiger partial charge in [-0.3, -0.25) is 9.59 Å². The van der Waals surface area contributed by atoms with E-state index in [4.69, 9.17) is 0 Å². The predicted molar refractivity (Wildman–Crippen MR) is 79.4 cm³/mol. The Morgan fingerprint density at radius 2 is 2.15 bits per heavy atom. The maximum absolute atomic E-state index is 11.9. The third-order valence-electron chi connectivity index (χ3n) is 3.20. The molecule has 8 heteroatoms. The number of rotatable bonds is 5. The van der Waals surface area contributed by atoms with Crippen molar-refractivity contribution in [2.45, 2.75) is 19.3 Å². The first kappa shape index (κ1) is 15.2. The van der Waals surface area contributed by atoms with Crippen LogP contribution in [0.2, 0.25) is 0 Å². The second-order valence-electron chi connectivity index (χ2n) is 5.36. The Balaban J connectivity index is 2.03. The molecule has 6 nitrogen and oxygen atoms in total. The van der Waals surface area contributed by atoms with Gasteiger partial charge in [-0.15, -0.1) is 0 Å².